The van der Waals surface area contributed by atoms with E-state index in [0.717, 1.165) is 34.6 Å². The number of carboxylic acids is 1. The number of carbonyl (C=O) groups is 2. The SMILES string of the molecule is CSCC[C@H](NC(=O)c1ccc(CN(CC2CCCCC2)c2cnccn2)cc1-c1ccccc1C)C(=O)O. The second-order valence-corrected chi connectivity index (χ2v) is 11.3. The molecule has 1 aliphatic rings. The predicted molar refractivity (Wildman–Crippen MR) is 158 cm³/mol. The zero-order valence-corrected chi connectivity index (χ0v) is 23.6. The van der Waals surface area contributed by atoms with Crippen LogP contribution in [0.2, 0.25) is 0 Å². The lowest BCUT2D eigenvalue weighted by Gasteiger charge is -2.30. The van der Waals surface area contributed by atoms with Crippen LogP contribution in [-0.4, -0.2) is 51.5 Å². The van der Waals surface area contributed by atoms with Crippen LogP contribution in [0.25, 0.3) is 11.1 Å². The van der Waals surface area contributed by atoms with Gasteiger partial charge >= 0.3 is 5.97 Å². The molecule has 1 saturated carbocycles. The summed E-state index contributed by atoms with van der Waals surface area (Å²) in [6.45, 7) is 3.58. The van der Waals surface area contributed by atoms with Crippen molar-refractivity contribution in [3.05, 3.63) is 77.7 Å². The van der Waals surface area contributed by atoms with E-state index in [1.54, 1.807) is 24.2 Å². The van der Waals surface area contributed by atoms with Gasteiger partial charge in [0.25, 0.3) is 5.91 Å². The van der Waals surface area contributed by atoms with Gasteiger partial charge in [-0.3, -0.25) is 9.78 Å². The molecule has 2 N–H and O–H groups in total. The summed E-state index contributed by atoms with van der Waals surface area (Å²) in [5, 5.41) is 12.4. The summed E-state index contributed by atoms with van der Waals surface area (Å²) in [5.41, 5.74) is 4.34. The smallest absolute Gasteiger partial charge is 0.326 e. The number of benzene rings is 2. The average Bonchev–Trinajstić information content (AvgIpc) is 2.96. The number of nitrogens with zero attached hydrogens (tertiary/aromatic N) is 3. The Kier molecular flexibility index (Phi) is 10.4. The molecule has 3 aromatic rings. The third-order valence-corrected chi connectivity index (χ3v) is 8.07. The highest BCUT2D eigenvalue weighted by atomic mass is 32.2. The fourth-order valence-corrected chi connectivity index (χ4v) is 5.78. The Hall–Kier alpha value is -3.39. The second-order valence-electron chi connectivity index (χ2n) is 10.3. The lowest BCUT2D eigenvalue weighted by atomic mass is 9.88. The van der Waals surface area contributed by atoms with Gasteiger partial charge < -0.3 is 15.3 Å². The highest BCUT2D eigenvalue weighted by molar-refractivity contribution is 7.98. The van der Waals surface area contributed by atoms with Gasteiger partial charge in [0.15, 0.2) is 0 Å². The number of carbonyl (C=O) groups excluding carboxylic acids is 1. The van der Waals surface area contributed by atoms with Crippen LogP contribution in [-0.2, 0) is 11.3 Å². The van der Waals surface area contributed by atoms with Crippen molar-refractivity contribution in [3.63, 3.8) is 0 Å². The molecule has 0 aliphatic heterocycles. The van der Waals surface area contributed by atoms with E-state index in [1.165, 1.54) is 32.1 Å². The third-order valence-electron chi connectivity index (χ3n) is 7.43. The van der Waals surface area contributed by atoms with E-state index in [0.29, 0.717) is 30.2 Å². The van der Waals surface area contributed by atoms with Gasteiger partial charge in [0.05, 0.1) is 6.20 Å². The van der Waals surface area contributed by atoms with Gasteiger partial charge in [-0.25, -0.2) is 9.78 Å². The van der Waals surface area contributed by atoms with E-state index in [4.69, 9.17) is 0 Å². The number of carboxylic acid groups (broad SMARTS) is 1. The number of hydrogen-bond donors (Lipinski definition) is 2. The van der Waals surface area contributed by atoms with Crippen LogP contribution in [0.3, 0.4) is 0 Å². The zero-order valence-electron chi connectivity index (χ0n) is 22.8. The summed E-state index contributed by atoms with van der Waals surface area (Å²) in [5.74, 6) is 0.728. The minimum absolute atomic E-state index is 0.369. The first-order valence-corrected chi connectivity index (χ1v) is 15.1. The maximum atomic E-state index is 13.4. The average molecular weight is 547 g/mol. The van der Waals surface area contributed by atoms with Gasteiger partial charge in [0, 0.05) is 31.0 Å². The van der Waals surface area contributed by atoms with E-state index in [2.05, 4.69) is 26.3 Å². The van der Waals surface area contributed by atoms with Crippen LogP contribution in [0.4, 0.5) is 5.82 Å². The highest BCUT2D eigenvalue weighted by Crippen LogP contribution is 2.31. The fourth-order valence-electron chi connectivity index (χ4n) is 5.31. The van der Waals surface area contributed by atoms with Crippen molar-refractivity contribution >= 4 is 29.5 Å². The van der Waals surface area contributed by atoms with Crippen molar-refractivity contribution in [2.45, 2.75) is 58.0 Å². The van der Waals surface area contributed by atoms with Crippen LogP contribution in [0.5, 0.6) is 0 Å². The molecule has 0 bridgehead atoms. The Morgan fingerprint density at radius 3 is 2.59 bits per heavy atom. The number of aryl methyl sites for hydroxylation is 1. The van der Waals surface area contributed by atoms with E-state index in [-0.39, 0.29) is 5.91 Å². The predicted octanol–water partition coefficient (Wildman–Crippen LogP) is 5.98. The molecule has 206 valence electrons. The third kappa shape index (κ3) is 7.82. The van der Waals surface area contributed by atoms with Crippen molar-refractivity contribution in [3.8, 4) is 11.1 Å². The number of rotatable bonds is 12. The molecule has 1 fully saturated rings. The number of aliphatic carboxylic acids is 1. The van der Waals surface area contributed by atoms with Crippen molar-refractivity contribution in [2.75, 3.05) is 23.5 Å². The molecule has 0 radical (unpaired) electrons. The molecule has 0 saturated heterocycles. The summed E-state index contributed by atoms with van der Waals surface area (Å²) in [6.07, 6.45) is 13.8. The van der Waals surface area contributed by atoms with Gasteiger partial charge in [0.1, 0.15) is 11.9 Å². The topological polar surface area (TPSA) is 95.4 Å². The Bertz CT molecular complexity index is 1250. The first-order chi connectivity index (χ1) is 19.0. The highest BCUT2D eigenvalue weighted by Gasteiger charge is 2.24. The quantitative estimate of drug-likeness (QED) is 0.289. The van der Waals surface area contributed by atoms with Crippen LogP contribution < -0.4 is 10.2 Å². The molecular weight excluding hydrogens is 508 g/mol. The Labute approximate surface area is 235 Å². The Morgan fingerprint density at radius 1 is 1.10 bits per heavy atom. The van der Waals surface area contributed by atoms with Crippen molar-refractivity contribution < 1.29 is 14.7 Å². The summed E-state index contributed by atoms with van der Waals surface area (Å²) < 4.78 is 0. The summed E-state index contributed by atoms with van der Waals surface area (Å²) >= 11 is 1.56. The van der Waals surface area contributed by atoms with E-state index in [9.17, 15) is 14.7 Å². The Balaban J connectivity index is 1.66. The molecule has 2 aromatic carbocycles. The normalized spacial score (nSPS) is 14.5. The number of nitrogens with one attached hydrogen (secondary N) is 1. The van der Waals surface area contributed by atoms with Gasteiger partial charge in [-0.1, -0.05) is 49.6 Å². The lowest BCUT2D eigenvalue weighted by molar-refractivity contribution is -0.139. The second kappa shape index (κ2) is 14.1. The van der Waals surface area contributed by atoms with Crippen molar-refractivity contribution in [2.24, 2.45) is 5.92 Å². The fraction of sp³-hybridized carbons (Fsp3) is 0.419. The van der Waals surface area contributed by atoms with E-state index >= 15 is 0 Å². The van der Waals surface area contributed by atoms with Gasteiger partial charge in [-0.05, 0) is 78.5 Å². The Morgan fingerprint density at radius 2 is 1.90 bits per heavy atom. The zero-order chi connectivity index (χ0) is 27.6. The molecule has 0 spiro atoms. The first-order valence-electron chi connectivity index (χ1n) is 13.7. The maximum absolute atomic E-state index is 13.4. The number of aromatic nitrogens is 2. The summed E-state index contributed by atoms with van der Waals surface area (Å²) in [4.78, 5) is 36.5. The standard InChI is InChI=1S/C31H38N4O3S/c1-22-8-6-7-11-25(22)27-18-24(12-13-26(27)30(36)34-28(31(37)38)14-17-39-2)21-35(29-19-32-15-16-33-29)20-23-9-4-3-5-10-23/h6-8,11-13,15-16,18-19,23,28H,3-5,9-10,14,17,20-21H2,1-2H3,(H,34,36)(H,37,38)/t28-/m0/s1. The van der Waals surface area contributed by atoms with Crippen LogP contribution in [0.15, 0.2) is 61.1 Å². The summed E-state index contributed by atoms with van der Waals surface area (Å²) in [6, 6.07) is 12.9. The van der Waals surface area contributed by atoms with Gasteiger partial charge in [-0.15, -0.1) is 0 Å². The molecule has 0 unspecified atom stereocenters. The molecule has 8 heteroatoms. The minimum Gasteiger partial charge on any atom is -0.480 e. The molecule has 1 atom stereocenters. The summed E-state index contributed by atoms with van der Waals surface area (Å²) in [7, 11) is 0. The van der Waals surface area contributed by atoms with Gasteiger partial charge in [-0.2, -0.15) is 11.8 Å². The monoisotopic (exact) mass is 546 g/mol. The van der Waals surface area contributed by atoms with Crippen molar-refractivity contribution in [1.82, 2.24) is 15.3 Å². The largest absolute Gasteiger partial charge is 0.480 e. The number of thioether (sulfide) groups is 1. The maximum Gasteiger partial charge on any atom is 0.326 e. The lowest BCUT2D eigenvalue weighted by Crippen LogP contribution is -2.41. The van der Waals surface area contributed by atoms with Crippen LogP contribution >= 0.6 is 11.8 Å². The molecule has 1 heterocycles. The molecule has 1 amide bonds. The molecule has 4 rings (SSSR count). The molecule has 39 heavy (non-hydrogen) atoms. The van der Waals surface area contributed by atoms with Crippen LogP contribution in [0.1, 0.15) is 60.0 Å². The van der Waals surface area contributed by atoms with E-state index in [1.807, 2.05) is 55.8 Å². The first kappa shape index (κ1) is 28.6. The number of hydrogen-bond acceptors (Lipinski definition) is 6. The molecule has 1 aromatic heterocycles. The minimum atomic E-state index is -1.02. The van der Waals surface area contributed by atoms with E-state index < -0.39 is 12.0 Å². The van der Waals surface area contributed by atoms with Crippen molar-refractivity contribution in [1.29, 1.82) is 0 Å². The van der Waals surface area contributed by atoms with Crippen LogP contribution in [0, 0.1) is 12.8 Å². The molecule has 1 aliphatic carbocycles. The molecular formula is C31H38N4O3S. The number of anilines is 1. The van der Waals surface area contributed by atoms with Gasteiger partial charge in [0.2, 0.25) is 0 Å². The molecule has 7 nitrogen and oxygen atoms in total. The number of amides is 1.